The van der Waals surface area contributed by atoms with Crippen molar-refractivity contribution in [3.63, 3.8) is 0 Å². The van der Waals surface area contributed by atoms with Crippen LogP contribution >= 0.6 is 7.75 Å². The van der Waals surface area contributed by atoms with Crippen molar-refractivity contribution >= 4 is 31.2 Å². The Kier molecular flexibility index (Phi) is 11.5. The third-order valence-corrected chi connectivity index (χ3v) is 6.43. The molecule has 0 aliphatic carbocycles. The molecule has 1 atom stereocenters. The summed E-state index contributed by atoms with van der Waals surface area (Å²) in [6.07, 6.45) is 0. The van der Waals surface area contributed by atoms with Crippen molar-refractivity contribution in [2.45, 2.75) is 33.7 Å². The number of rotatable bonds is 14. The molecule has 0 radical (unpaired) electrons. The Labute approximate surface area is 215 Å². The van der Waals surface area contributed by atoms with E-state index < -0.39 is 25.7 Å². The number of hydrogen-bond acceptors (Lipinski definition) is 8. The highest BCUT2D eigenvalue weighted by Crippen LogP contribution is 2.49. The van der Waals surface area contributed by atoms with Gasteiger partial charge >= 0.3 is 13.7 Å². The lowest BCUT2D eigenvalue weighted by molar-refractivity contribution is -0.145. The van der Waals surface area contributed by atoms with E-state index in [-0.39, 0.29) is 43.6 Å². The van der Waals surface area contributed by atoms with Crippen molar-refractivity contribution in [2.24, 2.45) is 10.5 Å². The maximum absolute atomic E-state index is 12.7. The summed E-state index contributed by atoms with van der Waals surface area (Å²) in [4.78, 5) is 36.8. The van der Waals surface area contributed by atoms with Crippen molar-refractivity contribution < 1.29 is 37.5 Å². The van der Waals surface area contributed by atoms with Crippen LogP contribution in [-0.2, 0) is 23.1 Å². The summed E-state index contributed by atoms with van der Waals surface area (Å²) in [6, 6.07) is 11.5. The molecule has 0 fully saturated rings. The van der Waals surface area contributed by atoms with Crippen molar-refractivity contribution in [2.75, 3.05) is 26.4 Å². The van der Waals surface area contributed by atoms with Crippen LogP contribution in [0.4, 0.5) is 0 Å². The van der Waals surface area contributed by atoms with E-state index in [1.54, 1.807) is 52.0 Å². The van der Waals surface area contributed by atoms with Gasteiger partial charge in [0.1, 0.15) is 11.6 Å². The number of Topliss-reactive ketones (excluding diaryl/α,β-unsaturated/α-hetero) is 1. The van der Waals surface area contributed by atoms with Gasteiger partial charge in [0.25, 0.3) is 5.91 Å². The molecule has 2 rings (SSSR count). The van der Waals surface area contributed by atoms with Crippen LogP contribution in [0.5, 0.6) is 5.75 Å². The van der Waals surface area contributed by atoms with Gasteiger partial charge in [0.2, 0.25) is 0 Å². The fourth-order valence-corrected chi connectivity index (χ4v) is 4.28. The average Bonchev–Trinajstić information content (AvgIpc) is 2.87. The summed E-state index contributed by atoms with van der Waals surface area (Å²) in [5.41, 5.74) is 7.03. The van der Waals surface area contributed by atoms with Gasteiger partial charge in [-0.1, -0.05) is 12.1 Å². The fourth-order valence-electron chi connectivity index (χ4n) is 3.06. The second kappa shape index (κ2) is 14.3. The largest absolute Gasteiger partial charge is 0.482 e. The zero-order valence-corrected chi connectivity index (χ0v) is 22.2. The van der Waals surface area contributed by atoms with Crippen molar-refractivity contribution in [3.8, 4) is 5.75 Å². The first kappa shape index (κ1) is 29.7. The average molecular weight is 534 g/mol. The van der Waals surface area contributed by atoms with Crippen molar-refractivity contribution in [1.29, 1.82) is 0 Å². The van der Waals surface area contributed by atoms with E-state index in [9.17, 15) is 18.9 Å². The van der Waals surface area contributed by atoms with Crippen LogP contribution in [0, 0.1) is 0 Å². The van der Waals surface area contributed by atoms with E-state index in [4.69, 9.17) is 24.3 Å². The van der Waals surface area contributed by atoms with Gasteiger partial charge in [-0.15, -0.1) is 0 Å². The molecule has 2 aromatic carbocycles. The maximum Gasteiger partial charge on any atom is 0.455 e. The lowest BCUT2D eigenvalue weighted by Crippen LogP contribution is -2.38. The summed E-state index contributed by atoms with van der Waals surface area (Å²) >= 11 is 0. The Hall–Kier alpha value is -3.53. The molecule has 0 bridgehead atoms. The molecule has 3 N–H and O–H groups in total. The predicted octanol–water partition coefficient (Wildman–Crippen LogP) is 3.52. The van der Waals surface area contributed by atoms with Crippen molar-refractivity contribution in [3.05, 3.63) is 65.2 Å². The number of benzene rings is 2. The van der Waals surface area contributed by atoms with Gasteiger partial charge < -0.3 is 20.5 Å². The van der Waals surface area contributed by atoms with Gasteiger partial charge in [0.05, 0.1) is 25.9 Å². The molecular weight excluding hydrogens is 501 g/mol. The molecule has 1 amide bonds. The van der Waals surface area contributed by atoms with Crippen LogP contribution in [0.3, 0.4) is 0 Å². The Balaban J connectivity index is 2.00. The molecule has 0 aliphatic heterocycles. The van der Waals surface area contributed by atoms with Crippen LogP contribution in [0.25, 0.3) is 0 Å². The second-order valence-electron chi connectivity index (χ2n) is 7.54. The molecular formula is C25H32N3O8P. The van der Waals surface area contributed by atoms with E-state index in [1.807, 2.05) is 0 Å². The first-order valence-electron chi connectivity index (χ1n) is 11.7. The van der Waals surface area contributed by atoms with E-state index in [0.29, 0.717) is 16.9 Å². The molecule has 0 aromatic heterocycles. The van der Waals surface area contributed by atoms with Gasteiger partial charge in [0.15, 0.2) is 12.4 Å². The predicted molar refractivity (Wildman–Crippen MR) is 138 cm³/mol. The molecule has 200 valence electrons. The molecule has 12 heteroatoms. The number of carbonyl (C=O) groups is 3. The Morgan fingerprint density at radius 2 is 1.43 bits per heavy atom. The number of ether oxygens (including phenoxy) is 2. The zero-order chi connectivity index (χ0) is 27.4. The smallest absolute Gasteiger partial charge is 0.455 e. The highest BCUT2D eigenvalue weighted by molar-refractivity contribution is 7.52. The van der Waals surface area contributed by atoms with Gasteiger partial charge in [0, 0.05) is 16.7 Å². The topological polar surface area (TPSA) is 156 Å². The van der Waals surface area contributed by atoms with Gasteiger partial charge in [-0.3, -0.25) is 18.6 Å². The van der Waals surface area contributed by atoms with Crippen LogP contribution in [-0.4, -0.2) is 56.0 Å². The molecule has 0 spiro atoms. The normalized spacial score (nSPS) is 12.5. The number of hydrogen-bond donors (Lipinski definition) is 2. The Bertz CT molecular complexity index is 1140. The molecule has 0 saturated carbocycles. The summed E-state index contributed by atoms with van der Waals surface area (Å²) in [6.45, 7) is 6.90. The fraction of sp³-hybridized carbons (Fsp3) is 0.360. The highest BCUT2D eigenvalue weighted by Gasteiger charge is 2.24. The van der Waals surface area contributed by atoms with Crippen molar-refractivity contribution in [1.82, 2.24) is 5.32 Å². The summed E-state index contributed by atoms with van der Waals surface area (Å²) < 4.78 is 36.8. The van der Waals surface area contributed by atoms with Crippen LogP contribution in [0.2, 0.25) is 0 Å². The second-order valence-corrected chi connectivity index (χ2v) is 9.20. The number of nitrogens with one attached hydrogen (secondary N) is 1. The molecule has 2 aromatic rings. The standard InChI is InChI=1S/C25H32N3O8P/c1-5-33-22(29)16-34-21-14-12-18(13-15-21)23(30)17(4)27-25(31)20-10-8-19(9-11-20)24(26)28-37(32,35-6-2)36-7-3/h8-15,17H,5-7,16H2,1-4H3,(H,27,31)(H2,26,28,32)/t17-/m0/s1. The SMILES string of the molecule is CCOC(=O)COc1ccc(C(=O)[C@H](C)NC(=O)c2ccc(C(N)=NP(=O)(OCC)OCC)cc2)cc1. The van der Waals surface area contributed by atoms with Gasteiger partial charge in [-0.25, -0.2) is 9.36 Å². The molecule has 0 aliphatic rings. The monoisotopic (exact) mass is 533 g/mol. The van der Waals surface area contributed by atoms with E-state index in [1.165, 1.54) is 24.3 Å². The Morgan fingerprint density at radius 3 is 1.97 bits per heavy atom. The first-order chi connectivity index (χ1) is 17.6. The third kappa shape index (κ3) is 9.13. The molecule has 0 saturated heterocycles. The van der Waals surface area contributed by atoms with E-state index in [0.717, 1.165) is 0 Å². The third-order valence-electron chi connectivity index (χ3n) is 4.80. The number of carbonyl (C=O) groups excluding carboxylic acids is 3. The van der Waals surface area contributed by atoms with Crippen LogP contribution < -0.4 is 15.8 Å². The summed E-state index contributed by atoms with van der Waals surface area (Å²) in [5.74, 6) is -0.913. The van der Waals surface area contributed by atoms with Gasteiger partial charge in [-0.05, 0) is 64.1 Å². The zero-order valence-electron chi connectivity index (χ0n) is 21.3. The molecule has 0 unspecified atom stereocenters. The van der Waals surface area contributed by atoms with Crippen LogP contribution in [0.15, 0.2) is 53.3 Å². The summed E-state index contributed by atoms with van der Waals surface area (Å²) in [5, 5.41) is 2.66. The van der Waals surface area contributed by atoms with E-state index in [2.05, 4.69) is 10.1 Å². The number of esters is 1. The molecule has 37 heavy (non-hydrogen) atoms. The number of nitrogens with zero attached hydrogens (tertiary/aromatic N) is 1. The number of nitrogens with two attached hydrogens (primary N) is 1. The summed E-state index contributed by atoms with van der Waals surface area (Å²) in [7, 11) is -3.73. The number of ketones is 1. The quantitative estimate of drug-likeness (QED) is 0.122. The van der Waals surface area contributed by atoms with Crippen LogP contribution in [0.1, 0.15) is 54.0 Å². The molecule has 0 heterocycles. The minimum atomic E-state index is -3.73. The van der Waals surface area contributed by atoms with E-state index >= 15 is 0 Å². The maximum atomic E-state index is 12.7. The highest BCUT2D eigenvalue weighted by atomic mass is 31.2. The van der Waals surface area contributed by atoms with Gasteiger partial charge in [-0.2, -0.15) is 4.76 Å². The number of amidine groups is 1. The lowest BCUT2D eigenvalue weighted by atomic mass is 10.0. The molecule has 11 nitrogen and oxygen atoms in total. The lowest BCUT2D eigenvalue weighted by Gasteiger charge is -2.14. The Morgan fingerprint density at radius 1 is 0.892 bits per heavy atom. The first-order valence-corrected chi connectivity index (χ1v) is 13.2. The number of amides is 1. The minimum Gasteiger partial charge on any atom is -0.482 e. The minimum absolute atomic E-state index is 0.0598.